The number of fused-ring (bicyclic) bond motifs is 6. The lowest BCUT2D eigenvalue weighted by molar-refractivity contribution is -0.161. The third kappa shape index (κ3) is 33.4. The first-order chi connectivity index (χ1) is 59.4. The second-order valence-corrected chi connectivity index (χ2v) is 65.8. The Balaban J connectivity index is 1.61. The van der Waals surface area contributed by atoms with Crippen LogP contribution in [0.3, 0.4) is 0 Å². The summed E-state index contributed by atoms with van der Waals surface area (Å²) in [6.07, 6.45) is 0.524. The third-order valence-electron chi connectivity index (χ3n) is 21.0. The molecule has 9 rings (SSSR count). The van der Waals surface area contributed by atoms with E-state index in [0.29, 0.717) is 114 Å². The Morgan fingerprint density at radius 3 is 0.511 bits per heavy atom. The average molecular weight is 2050 g/mol. The van der Waals surface area contributed by atoms with E-state index in [0.717, 1.165) is 58.7 Å². The molecule has 0 radical (unpaired) electrons. The number of ether oxygens (including phenoxy) is 12. The zero-order chi connectivity index (χ0) is 98.6. The normalized spacial score (nSPS) is 21.8. The van der Waals surface area contributed by atoms with Crippen LogP contribution in [0.4, 0.5) is 0 Å². The number of rotatable bonds is 42. The second kappa shape index (κ2) is 42.6. The van der Waals surface area contributed by atoms with Crippen LogP contribution in [-0.2, 0) is 76.8 Å². The number of thioether (sulfide) groups is 12. The number of carboxylic acids is 3. The van der Waals surface area contributed by atoms with Crippen molar-refractivity contribution in [1.29, 1.82) is 0 Å². The van der Waals surface area contributed by atoms with Gasteiger partial charge in [-0.15, -0.1) is 141 Å². The Hall–Kier alpha value is -0.250. The molecule has 6 aliphatic heterocycles. The fourth-order valence-electron chi connectivity index (χ4n) is 15.8. The summed E-state index contributed by atoms with van der Waals surface area (Å²) < 4.78 is 76.9. The van der Waals surface area contributed by atoms with E-state index in [-0.39, 0.29) is 39.1 Å². The smallest absolute Gasteiger partial charge is 0.332 e. The minimum absolute atomic E-state index is 0.0229. The van der Waals surface area contributed by atoms with Gasteiger partial charge in [0.05, 0.1) is 91.7 Å². The van der Waals surface area contributed by atoms with Crippen LogP contribution in [0.25, 0.3) is 0 Å². The third-order valence-corrected chi connectivity index (χ3v) is 41.0. The highest BCUT2D eigenvalue weighted by atomic mass is 32.2. The van der Waals surface area contributed by atoms with Crippen LogP contribution in [0.5, 0.6) is 0 Å². The number of aliphatic carboxylic acids is 3. The highest BCUT2D eigenvalue weighted by Crippen LogP contribution is 2.77. The van der Waals surface area contributed by atoms with Crippen molar-refractivity contribution >= 4 is 159 Å². The zero-order valence-electron chi connectivity index (χ0n) is 85.6. The van der Waals surface area contributed by atoms with Crippen molar-refractivity contribution < 1.29 is 91.7 Å². The number of benzene rings is 3. The van der Waals surface area contributed by atoms with Crippen molar-refractivity contribution in [2.45, 2.75) is 501 Å². The Kier molecular flexibility index (Phi) is 37.2. The van der Waals surface area contributed by atoms with Crippen LogP contribution in [0, 0.1) is 0 Å². The fourth-order valence-corrected chi connectivity index (χ4v) is 36.5. The van der Waals surface area contributed by atoms with E-state index in [4.69, 9.17) is 56.8 Å². The molecule has 746 valence electrons. The highest BCUT2D eigenvalue weighted by molar-refractivity contribution is 8.23. The molecule has 4 N–H and O–H groups in total. The van der Waals surface area contributed by atoms with Gasteiger partial charge in [0.2, 0.25) is 0 Å². The van der Waals surface area contributed by atoms with Gasteiger partial charge in [0.25, 0.3) is 0 Å². The van der Waals surface area contributed by atoms with E-state index in [9.17, 15) is 29.7 Å². The first-order valence-electron chi connectivity index (χ1n) is 46.5. The molecule has 6 unspecified atom stereocenters. The summed E-state index contributed by atoms with van der Waals surface area (Å²) in [5, 5.41) is 53.7. The topological polar surface area (TPSA) is 243 Å². The summed E-state index contributed by atoms with van der Waals surface area (Å²) in [6, 6.07) is 6.93. The highest BCUT2D eigenvalue weighted by Gasteiger charge is 2.62. The van der Waals surface area contributed by atoms with Gasteiger partial charge in [-0.3, -0.25) is 0 Å². The molecule has 6 aliphatic rings. The van der Waals surface area contributed by atoms with E-state index in [1.54, 1.807) is 141 Å². The number of hydrogen-bond acceptors (Lipinski definition) is 28. The van der Waals surface area contributed by atoms with Gasteiger partial charge in [0.15, 0.2) is 18.3 Å². The van der Waals surface area contributed by atoms with Crippen LogP contribution in [0.2, 0.25) is 0 Å². The van der Waals surface area contributed by atoms with Crippen LogP contribution in [-0.4, -0.2) is 208 Å². The lowest BCUT2D eigenvalue weighted by Crippen LogP contribution is -2.39. The quantitative estimate of drug-likeness (QED) is 0.0385. The minimum atomic E-state index is -2.37. The first-order valence-corrected chi connectivity index (χ1v) is 56.3. The summed E-state index contributed by atoms with van der Waals surface area (Å²) in [5.41, 5.74) is -8.05. The van der Waals surface area contributed by atoms with Crippen molar-refractivity contribution in [2.24, 2.45) is 0 Å². The number of carbonyl (C=O) groups is 3. The van der Waals surface area contributed by atoms with Crippen LogP contribution >= 0.6 is 141 Å². The van der Waals surface area contributed by atoms with E-state index < -0.39 is 134 Å². The molecule has 3 aromatic carbocycles. The summed E-state index contributed by atoms with van der Waals surface area (Å²) in [5.74, 6) is -3.31. The molecular formula is C100H160O19S12. The van der Waals surface area contributed by atoms with E-state index in [1.807, 2.05) is 125 Å². The maximum atomic E-state index is 18.3. The summed E-state index contributed by atoms with van der Waals surface area (Å²) >= 11 is 20.3. The summed E-state index contributed by atoms with van der Waals surface area (Å²) in [7, 11) is 0. The molecule has 0 amide bonds. The predicted molar refractivity (Wildman–Crippen MR) is 552 cm³/mol. The minimum Gasteiger partial charge on any atom is -0.479 e. The van der Waals surface area contributed by atoms with E-state index in [2.05, 4.69) is 143 Å². The molecule has 6 atom stereocenters. The van der Waals surface area contributed by atoms with Gasteiger partial charge in [-0.05, 0) is 325 Å². The van der Waals surface area contributed by atoms with Crippen LogP contribution in [0.15, 0.2) is 76.9 Å². The lowest BCUT2D eigenvalue weighted by Gasteiger charge is -2.39. The molecule has 31 heteroatoms. The second-order valence-electron chi connectivity index (χ2n) is 47.3. The molecular weight excluding hydrogens is 1890 g/mol. The van der Waals surface area contributed by atoms with Gasteiger partial charge in [0, 0.05) is 154 Å². The van der Waals surface area contributed by atoms with Crippen molar-refractivity contribution in [2.75, 3.05) is 59.5 Å². The molecule has 0 saturated carbocycles. The Morgan fingerprint density at radius 2 is 0.374 bits per heavy atom. The molecule has 131 heavy (non-hydrogen) atoms. The van der Waals surface area contributed by atoms with Crippen molar-refractivity contribution in [3.63, 3.8) is 0 Å². The monoisotopic (exact) mass is 2050 g/mol. The van der Waals surface area contributed by atoms with Crippen LogP contribution in [0.1, 0.15) is 343 Å². The molecule has 3 aromatic rings. The van der Waals surface area contributed by atoms with E-state index >= 15 is 5.11 Å². The molecule has 0 aromatic heterocycles. The molecule has 6 heterocycles. The molecule has 0 aliphatic carbocycles. The summed E-state index contributed by atoms with van der Waals surface area (Å²) in [4.78, 5) is 53.4. The van der Waals surface area contributed by atoms with Gasteiger partial charge in [0.1, 0.15) is 5.60 Å². The maximum absolute atomic E-state index is 18.3. The molecule has 0 spiro atoms. The maximum Gasteiger partial charge on any atom is 0.332 e. The summed E-state index contributed by atoms with van der Waals surface area (Å²) in [6.45, 7) is 75.9. The predicted octanol–water partition coefficient (Wildman–Crippen LogP) is 28.2. The van der Waals surface area contributed by atoms with Gasteiger partial charge >= 0.3 is 17.9 Å². The number of carboxylic acid groups (broad SMARTS) is 3. The molecule has 19 nitrogen and oxygen atoms in total. The Morgan fingerprint density at radius 1 is 0.237 bits per heavy atom. The van der Waals surface area contributed by atoms with E-state index in [1.165, 1.54) is 0 Å². The van der Waals surface area contributed by atoms with Gasteiger partial charge in [-0.25, -0.2) is 14.4 Å². The average Bonchev–Trinajstić information content (AvgIpc) is 1.52. The number of hydrogen-bond donors (Lipinski definition) is 4. The SMILES string of the molecule is CC(C)(C)OCCC1(CCOC(C)(C)C)Sc2cc3c(c(C(O)(c4c5c(cc6c4SC(CCOC(C)(C)C)(CC(OC(C)(C)C)C(=O)O)S6)SC(CCOC(C)(C)C)(CCOC(C)(C)C)S5)c4c5c(cc6c4SC(CCOC(C)(C)C)(CC(OC(C)(C)C)C(=O)O)S6)SC(CCOC(C)(C)C)(CCOC(C)(C)C)S5)c2S1)SC(CCOC(C)(C)C)(CC(OC(C)(C)C)C(=O)O)S3. The Bertz CT molecular complexity index is 3950. The standard InChI is InChI=1S/C100H160O19S12/c1-82(2,3)108-46-37-94(38-47-109-83(4,5)6)120-64-55-67-76(129-97(123-67,43-52-114-88(19,20)21)58-61(79(101)102)117-91(28,29)30)70(73(64)126-94)100(107,71-74-65(121-95(127-74,39-48-110-84(7,8)9)40-49-111-85(10,11)12)56-68-77(71)130-98(124-68,44-53-115-89(22,23)24)59-62(80(103)104)118-92(31,32)33)72-75-66(122-96(128-75,41-50-112-86(13,14)15)42-51-113-87(16,17)18)57-69-78(72)131-99(125-69,45-54-116-90(25,26)27)60-63(81(105)106)119-93(34,35)36/h55-57,61-63,107H,37-54,58-60H2,1-36H3,(H,101,102)(H,103,104)(H,105,106). The largest absolute Gasteiger partial charge is 0.479 e. The van der Waals surface area contributed by atoms with Gasteiger partial charge in [-0.2, -0.15) is 0 Å². The van der Waals surface area contributed by atoms with Gasteiger partial charge < -0.3 is 77.3 Å². The molecule has 0 bridgehead atoms. The van der Waals surface area contributed by atoms with Crippen LogP contribution < -0.4 is 0 Å². The van der Waals surface area contributed by atoms with Crippen molar-refractivity contribution in [3.05, 3.63) is 34.9 Å². The molecule has 0 saturated heterocycles. The van der Waals surface area contributed by atoms with Crippen molar-refractivity contribution in [1.82, 2.24) is 0 Å². The number of aliphatic hydroxyl groups is 1. The van der Waals surface area contributed by atoms with Gasteiger partial charge in [-0.1, -0.05) is 0 Å². The molecule has 0 fully saturated rings. The fraction of sp³-hybridized carbons (Fsp3) is 0.790. The zero-order valence-corrected chi connectivity index (χ0v) is 95.4. The van der Waals surface area contributed by atoms with Crippen molar-refractivity contribution in [3.8, 4) is 0 Å². The lowest BCUT2D eigenvalue weighted by atomic mass is 9.79. The Labute approximate surface area is 838 Å². The first kappa shape index (κ1) is 114.